The molecule has 0 saturated carbocycles. The van der Waals surface area contributed by atoms with E-state index < -0.39 is 0 Å². The van der Waals surface area contributed by atoms with Crippen molar-refractivity contribution in [2.24, 2.45) is 11.8 Å². The third-order valence-electron chi connectivity index (χ3n) is 4.53. The number of carbonyl (C=O) groups excluding carboxylic acids is 1. The Kier molecular flexibility index (Phi) is 4.10. The highest BCUT2D eigenvalue weighted by Gasteiger charge is 2.33. The number of aryl methyl sites for hydroxylation is 1. The highest BCUT2D eigenvalue weighted by molar-refractivity contribution is 5.99. The van der Waals surface area contributed by atoms with Gasteiger partial charge in [0.2, 0.25) is 0 Å². The second kappa shape index (κ2) is 6.03. The quantitative estimate of drug-likeness (QED) is 0.866. The maximum Gasteiger partial charge on any atom is 0.166 e. The largest absolute Gasteiger partial charge is 0.294 e. The molecule has 22 heavy (non-hydrogen) atoms. The Morgan fingerprint density at radius 2 is 2.14 bits per heavy atom. The van der Waals surface area contributed by atoms with Gasteiger partial charge < -0.3 is 0 Å². The molecule has 0 aliphatic heterocycles. The molecule has 0 bridgehead atoms. The smallest absolute Gasteiger partial charge is 0.166 e. The van der Waals surface area contributed by atoms with E-state index in [9.17, 15) is 4.79 Å². The number of pyridine rings is 1. The predicted molar refractivity (Wildman–Crippen MR) is 86.3 cm³/mol. The Morgan fingerprint density at radius 1 is 1.32 bits per heavy atom. The molecular weight excluding hydrogens is 274 g/mol. The van der Waals surface area contributed by atoms with Crippen LogP contribution in [0.1, 0.15) is 55.4 Å². The lowest BCUT2D eigenvalue weighted by molar-refractivity contribution is 0.0931. The van der Waals surface area contributed by atoms with Gasteiger partial charge in [0.15, 0.2) is 11.6 Å². The number of hydrogen-bond acceptors (Lipinski definition) is 3. The molecule has 1 aliphatic carbocycles. The fourth-order valence-corrected chi connectivity index (χ4v) is 3.23. The van der Waals surface area contributed by atoms with E-state index in [2.05, 4.69) is 25.8 Å². The maximum atomic E-state index is 12.7. The van der Waals surface area contributed by atoms with Crippen molar-refractivity contribution in [1.29, 1.82) is 0 Å². The lowest BCUT2D eigenvalue weighted by Crippen LogP contribution is -2.25. The third-order valence-corrected chi connectivity index (χ3v) is 4.53. The van der Waals surface area contributed by atoms with Crippen LogP contribution >= 0.6 is 0 Å². The first-order valence-electron chi connectivity index (χ1n) is 8.17. The van der Waals surface area contributed by atoms with E-state index in [0.29, 0.717) is 18.3 Å². The molecule has 0 radical (unpaired) electrons. The average molecular weight is 297 g/mol. The fourth-order valence-electron chi connectivity index (χ4n) is 3.23. The van der Waals surface area contributed by atoms with Gasteiger partial charge in [0, 0.05) is 12.6 Å². The molecule has 0 aromatic carbocycles. The molecule has 2 heterocycles. The van der Waals surface area contributed by atoms with Crippen LogP contribution in [0, 0.1) is 11.8 Å². The van der Waals surface area contributed by atoms with Crippen LogP contribution in [0.25, 0.3) is 5.82 Å². The summed E-state index contributed by atoms with van der Waals surface area (Å²) < 4.78 is 1.90. The van der Waals surface area contributed by atoms with Crippen molar-refractivity contribution in [3.63, 3.8) is 0 Å². The zero-order valence-corrected chi connectivity index (χ0v) is 13.5. The number of nitrogens with zero attached hydrogens (tertiary/aromatic N) is 3. The first-order valence-corrected chi connectivity index (χ1v) is 8.17. The Balaban J connectivity index is 2.12. The van der Waals surface area contributed by atoms with E-state index in [0.717, 1.165) is 42.0 Å². The Hall–Kier alpha value is -1.97. The molecule has 4 heteroatoms. The minimum Gasteiger partial charge on any atom is -0.294 e. The molecule has 0 spiro atoms. The van der Waals surface area contributed by atoms with Crippen LogP contribution in [-0.4, -0.2) is 20.5 Å². The molecule has 2 aromatic heterocycles. The zero-order chi connectivity index (χ0) is 15.7. The van der Waals surface area contributed by atoms with E-state index in [1.54, 1.807) is 6.20 Å². The highest BCUT2D eigenvalue weighted by Crippen LogP contribution is 2.33. The van der Waals surface area contributed by atoms with Gasteiger partial charge in [0.05, 0.1) is 17.0 Å². The highest BCUT2D eigenvalue weighted by atomic mass is 16.1. The van der Waals surface area contributed by atoms with Gasteiger partial charge in [-0.05, 0) is 36.8 Å². The van der Waals surface area contributed by atoms with Gasteiger partial charge in [-0.15, -0.1) is 0 Å². The Bertz CT molecular complexity index is 673. The van der Waals surface area contributed by atoms with Crippen LogP contribution in [0.2, 0.25) is 0 Å². The van der Waals surface area contributed by atoms with Crippen LogP contribution in [0.5, 0.6) is 0 Å². The van der Waals surface area contributed by atoms with Crippen LogP contribution < -0.4 is 0 Å². The minimum absolute atomic E-state index is 0.255. The first kappa shape index (κ1) is 14.9. The van der Waals surface area contributed by atoms with E-state index in [4.69, 9.17) is 5.10 Å². The monoisotopic (exact) mass is 297 g/mol. The second-order valence-corrected chi connectivity index (χ2v) is 6.45. The number of hydrogen-bond donors (Lipinski definition) is 0. The molecule has 4 nitrogen and oxygen atoms in total. The van der Waals surface area contributed by atoms with Gasteiger partial charge in [0.1, 0.15) is 0 Å². The minimum atomic E-state index is 0.255. The van der Waals surface area contributed by atoms with Crippen LogP contribution in [0.15, 0.2) is 24.4 Å². The molecule has 0 amide bonds. The molecule has 3 rings (SSSR count). The second-order valence-electron chi connectivity index (χ2n) is 6.45. The molecule has 1 aliphatic rings. The Morgan fingerprint density at radius 3 is 2.77 bits per heavy atom. The summed E-state index contributed by atoms with van der Waals surface area (Å²) in [5.41, 5.74) is 2.86. The fraction of sp³-hybridized carbons (Fsp3) is 0.500. The van der Waals surface area contributed by atoms with Crippen molar-refractivity contribution in [2.45, 2.75) is 46.5 Å². The third kappa shape index (κ3) is 2.58. The lowest BCUT2D eigenvalue weighted by atomic mass is 9.79. The van der Waals surface area contributed by atoms with Crippen molar-refractivity contribution in [2.75, 3.05) is 0 Å². The van der Waals surface area contributed by atoms with E-state index >= 15 is 0 Å². The van der Waals surface area contributed by atoms with Crippen molar-refractivity contribution in [1.82, 2.24) is 14.8 Å². The molecule has 2 aromatic rings. The molecule has 116 valence electrons. The van der Waals surface area contributed by atoms with Crippen molar-refractivity contribution in [3.8, 4) is 5.82 Å². The molecular formula is C18H23N3O. The number of carbonyl (C=O) groups is 1. The van der Waals surface area contributed by atoms with Gasteiger partial charge >= 0.3 is 0 Å². The molecule has 0 fully saturated rings. The summed E-state index contributed by atoms with van der Waals surface area (Å²) in [6.07, 6.45) is 5.17. The SMILES string of the molecule is CCCc1nn(-c2ccccn2)c2c1C(=O)CC(C(C)C)C2. The maximum absolute atomic E-state index is 12.7. The first-order chi connectivity index (χ1) is 10.6. The molecule has 0 saturated heterocycles. The predicted octanol–water partition coefficient (Wildman–Crippen LogP) is 3.62. The number of rotatable bonds is 4. The summed E-state index contributed by atoms with van der Waals surface area (Å²) in [6.45, 7) is 6.51. The lowest BCUT2D eigenvalue weighted by Gasteiger charge is -2.25. The van der Waals surface area contributed by atoms with Gasteiger partial charge in [-0.25, -0.2) is 9.67 Å². The Labute approximate surface area is 131 Å². The number of fused-ring (bicyclic) bond motifs is 1. The summed E-state index contributed by atoms with van der Waals surface area (Å²) >= 11 is 0. The number of aromatic nitrogens is 3. The van der Waals surface area contributed by atoms with Crippen molar-refractivity contribution < 1.29 is 4.79 Å². The van der Waals surface area contributed by atoms with E-state index in [1.807, 2.05) is 22.9 Å². The van der Waals surface area contributed by atoms with E-state index in [1.165, 1.54) is 0 Å². The molecule has 1 atom stereocenters. The normalized spacial score (nSPS) is 17.8. The summed E-state index contributed by atoms with van der Waals surface area (Å²) in [4.78, 5) is 17.1. The van der Waals surface area contributed by atoms with Gasteiger partial charge in [-0.1, -0.05) is 33.3 Å². The number of Topliss-reactive ketones (excluding diaryl/α,β-unsaturated/α-hetero) is 1. The van der Waals surface area contributed by atoms with Crippen molar-refractivity contribution in [3.05, 3.63) is 41.3 Å². The van der Waals surface area contributed by atoms with Gasteiger partial charge in [0.25, 0.3) is 0 Å². The average Bonchev–Trinajstić information content (AvgIpc) is 2.88. The summed E-state index contributed by atoms with van der Waals surface area (Å²) in [7, 11) is 0. The summed E-state index contributed by atoms with van der Waals surface area (Å²) in [6, 6.07) is 5.81. The van der Waals surface area contributed by atoms with Gasteiger partial charge in [-0.2, -0.15) is 5.10 Å². The molecule has 0 N–H and O–H groups in total. The van der Waals surface area contributed by atoms with Crippen LogP contribution in [0.4, 0.5) is 0 Å². The van der Waals surface area contributed by atoms with Gasteiger partial charge in [-0.3, -0.25) is 4.79 Å². The standard InChI is InChI=1S/C18H23N3O/c1-4-7-14-18-15(10-13(12(2)3)11-16(18)22)21(20-14)17-8-5-6-9-19-17/h5-6,8-9,12-13H,4,7,10-11H2,1-3H3. The zero-order valence-electron chi connectivity index (χ0n) is 13.5. The summed E-state index contributed by atoms with van der Waals surface area (Å²) in [5, 5.41) is 4.73. The number of ketones is 1. The summed E-state index contributed by atoms with van der Waals surface area (Å²) in [5.74, 6) is 1.95. The molecule has 1 unspecified atom stereocenters. The van der Waals surface area contributed by atoms with Crippen LogP contribution in [-0.2, 0) is 12.8 Å². The van der Waals surface area contributed by atoms with E-state index in [-0.39, 0.29) is 5.78 Å². The van der Waals surface area contributed by atoms with Crippen molar-refractivity contribution >= 4 is 5.78 Å². The van der Waals surface area contributed by atoms with Crippen LogP contribution in [0.3, 0.4) is 0 Å². The topological polar surface area (TPSA) is 47.8 Å².